The van der Waals surface area contributed by atoms with Crippen LogP contribution in [0.1, 0.15) is 29.8 Å². The highest BCUT2D eigenvalue weighted by atomic mass is 79.9. The Kier molecular flexibility index (Phi) is 2.95. The van der Waals surface area contributed by atoms with Crippen LogP contribution in [-0.4, -0.2) is 12.0 Å². The molecule has 88 valence electrons. The highest BCUT2D eigenvalue weighted by Crippen LogP contribution is 2.38. The molecule has 0 fully saturated rings. The molecule has 0 saturated carbocycles. The van der Waals surface area contributed by atoms with Gasteiger partial charge in [0, 0.05) is 6.42 Å². The summed E-state index contributed by atoms with van der Waals surface area (Å²) in [7, 11) is 0. The van der Waals surface area contributed by atoms with Crippen LogP contribution in [0.15, 0.2) is 18.2 Å². The fourth-order valence-corrected chi connectivity index (χ4v) is 2.23. The number of hydrogen-bond donors (Lipinski definition) is 0. The molecule has 0 bridgehead atoms. The largest absolute Gasteiger partial charge is 0.487 e. The number of hydrogen-bond acceptors (Lipinski definition) is 1. The lowest BCUT2D eigenvalue weighted by Gasteiger charge is -2.16. The van der Waals surface area contributed by atoms with Crippen molar-refractivity contribution in [2.45, 2.75) is 37.1 Å². The third-order valence-corrected chi connectivity index (χ3v) is 3.55. The first-order valence-corrected chi connectivity index (χ1v) is 6.05. The van der Waals surface area contributed by atoms with E-state index in [1.54, 1.807) is 18.2 Å². The van der Waals surface area contributed by atoms with Crippen LogP contribution in [0.3, 0.4) is 0 Å². The van der Waals surface area contributed by atoms with Gasteiger partial charge in [-0.3, -0.25) is 0 Å². The zero-order valence-corrected chi connectivity index (χ0v) is 10.7. The molecule has 16 heavy (non-hydrogen) atoms. The van der Waals surface area contributed by atoms with Gasteiger partial charge in [0.1, 0.15) is 16.2 Å². The summed E-state index contributed by atoms with van der Waals surface area (Å²) in [6.45, 7) is 3.98. The van der Waals surface area contributed by atoms with Gasteiger partial charge in [-0.2, -0.15) is 0 Å². The molecular weight excluding hydrogens is 278 g/mol. The van der Waals surface area contributed by atoms with Gasteiger partial charge in [-0.25, -0.2) is 8.78 Å². The predicted molar refractivity (Wildman–Crippen MR) is 62.5 cm³/mol. The number of rotatable bonds is 2. The first-order valence-electron chi connectivity index (χ1n) is 5.13. The van der Waals surface area contributed by atoms with E-state index in [9.17, 15) is 8.78 Å². The van der Waals surface area contributed by atoms with Gasteiger partial charge in [0.15, 0.2) is 0 Å². The lowest BCUT2D eigenvalue weighted by Crippen LogP contribution is -2.24. The van der Waals surface area contributed by atoms with Crippen LogP contribution in [0.4, 0.5) is 8.78 Å². The van der Waals surface area contributed by atoms with Crippen molar-refractivity contribution in [3.05, 3.63) is 29.3 Å². The molecule has 0 spiro atoms. The number of halogens is 3. The summed E-state index contributed by atoms with van der Waals surface area (Å²) in [5, 5.41) is 0. The van der Waals surface area contributed by atoms with E-state index >= 15 is 0 Å². The maximum atomic E-state index is 12.5. The number of benzene rings is 1. The molecule has 0 saturated heterocycles. The lowest BCUT2D eigenvalue weighted by atomic mass is 9.99. The van der Waals surface area contributed by atoms with Crippen LogP contribution in [0.25, 0.3) is 0 Å². The molecular formula is C12H13BrF2O. The molecule has 1 nitrogen and oxygen atoms in total. The summed E-state index contributed by atoms with van der Waals surface area (Å²) in [5.74, 6) is 0.808. The first kappa shape index (κ1) is 11.8. The van der Waals surface area contributed by atoms with Crippen LogP contribution in [0.2, 0.25) is 0 Å². The Morgan fingerprint density at radius 3 is 2.69 bits per heavy atom. The molecule has 1 aromatic carbocycles. The zero-order chi connectivity index (χ0) is 11.9. The second kappa shape index (κ2) is 3.99. The smallest absolute Gasteiger partial charge is 0.255 e. The van der Waals surface area contributed by atoms with Crippen LogP contribution in [-0.2, 0) is 6.42 Å². The van der Waals surface area contributed by atoms with E-state index in [0.717, 1.165) is 17.7 Å². The summed E-state index contributed by atoms with van der Waals surface area (Å²) < 4.78 is 30.8. The van der Waals surface area contributed by atoms with Crippen molar-refractivity contribution in [1.29, 1.82) is 0 Å². The van der Waals surface area contributed by atoms with Gasteiger partial charge >= 0.3 is 0 Å². The normalized spacial score (nSPS) is 19.4. The molecule has 4 heteroatoms. The quantitative estimate of drug-likeness (QED) is 0.745. The fraction of sp³-hybridized carbons (Fsp3) is 0.500. The van der Waals surface area contributed by atoms with E-state index in [-0.39, 0.29) is 5.60 Å². The Balaban J connectivity index is 2.29. The Morgan fingerprint density at radius 2 is 2.06 bits per heavy atom. The minimum atomic E-state index is -2.40. The van der Waals surface area contributed by atoms with Crippen molar-refractivity contribution in [3.63, 3.8) is 0 Å². The van der Waals surface area contributed by atoms with Crippen LogP contribution in [0, 0.1) is 0 Å². The van der Waals surface area contributed by atoms with E-state index in [0.29, 0.717) is 5.56 Å². The molecule has 1 heterocycles. The summed E-state index contributed by atoms with van der Waals surface area (Å²) in [4.78, 5) is -0.901. The second-order valence-corrected chi connectivity index (χ2v) is 5.63. The predicted octanol–water partition coefficient (Wildman–Crippen LogP) is 4.10. The first-order chi connectivity index (χ1) is 7.39. The number of alkyl halides is 3. The molecule has 0 radical (unpaired) electrons. The van der Waals surface area contributed by atoms with Gasteiger partial charge in [-0.15, -0.1) is 0 Å². The Morgan fingerprint density at radius 1 is 1.38 bits per heavy atom. The lowest BCUT2D eigenvalue weighted by molar-refractivity contribution is 0.138. The van der Waals surface area contributed by atoms with E-state index in [1.165, 1.54) is 0 Å². The molecule has 0 aromatic heterocycles. The van der Waals surface area contributed by atoms with Gasteiger partial charge in [0.2, 0.25) is 0 Å². The maximum absolute atomic E-state index is 12.5. The average Bonchev–Trinajstić information content (AvgIpc) is 2.48. The zero-order valence-electron chi connectivity index (χ0n) is 9.14. The molecule has 0 amide bonds. The van der Waals surface area contributed by atoms with Gasteiger partial charge < -0.3 is 4.74 Å². The summed E-state index contributed by atoms with van der Waals surface area (Å²) in [6, 6.07) is 5.26. The van der Waals surface area contributed by atoms with E-state index in [2.05, 4.69) is 15.9 Å². The van der Waals surface area contributed by atoms with Crippen molar-refractivity contribution in [2.24, 2.45) is 0 Å². The summed E-state index contributed by atoms with van der Waals surface area (Å²) in [6.07, 6.45) is -1.63. The fourth-order valence-electron chi connectivity index (χ4n) is 1.95. The Hall–Kier alpha value is -0.640. The SMILES string of the molecule is CC1(C)Cc2cc(C(Br)C(F)F)ccc2O1. The van der Waals surface area contributed by atoms with Crippen LogP contribution >= 0.6 is 15.9 Å². The molecule has 1 aromatic rings. The molecule has 1 unspecified atom stereocenters. The third kappa shape index (κ3) is 2.21. The van der Waals surface area contributed by atoms with Gasteiger partial charge in [-0.1, -0.05) is 28.1 Å². The summed E-state index contributed by atoms with van der Waals surface area (Å²) >= 11 is 3.00. The maximum Gasteiger partial charge on any atom is 0.255 e. The molecule has 1 atom stereocenters. The minimum absolute atomic E-state index is 0.229. The van der Waals surface area contributed by atoms with Crippen molar-refractivity contribution in [1.82, 2.24) is 0 Å². The molecule has 1 aliphatic rings. The minimum Gasteiger partial charge on any atom is -0.487 e. The number of fused-ring (bicyclic) bond motifs is 1. The molecule has 1 aliphatic heterocycles. The van der Waals surface area contributed by atoms with Crippen molar-refractivity contribution >= 4 is 15.9 Å². The molecule has 0 N–H and O–H groups in total. The van der Waals surface area contributed by atoms with Crippen molar-refractivity contribution in [2.75, 3.05) is 0 Å². The topological polar surface area (TPSA) is 9.23 Å². The van der Waals surface area contributed by atoms with Gasteiger partial charge in [0.05, 0.1) is 0 Å². The average molecular weight is 291 g/mol. The third-order valence-electron chi connectivity index (χ3n) is 2.63. The van der Waals surface area contributed by atoms with Gasteiger partial charge in [-0.05, 0) is 31.0 Å². The monoisotopic (exact) mass is 290 g/mol. The highest BCUT2D eigenvalue weighted by molar-refractivity contribution is 9.09. The van der Waals surface area contributed by atoms with Crippen molar-refractivity contribution in [3.8, 4) is 5.75 Å². The molecule has 2 rings (SSSR count). The highest BCUT2D eigenvalue weighted by Gasteiger charge is 2.31. The van der Waals surface area contributed by atoms with Crippen molar-refractivity contribution < 1.29 is 13.5 Å². The molecule has 0 aliphatic carbocycles. The Labute approximate surface area is 102 Å². The van der Waals surface area contributed by atoms with E-state index in [1.807, 2.05) is 13.8 Å². The van der Waals surface area contributed by atoms with Crippen LogP contribution < -0.4 is 4.74 Å². The van der Waals surface area contributed by atoms with Crippen LogP contribution in [0.5, 0.6) is 5.75 Å². The van der Waals surface area contributed by atoms with E-state index < -0.39 is 11.3 Å². The summed E-state index contributed by atoms with van der Waals surface area (Å²) in [5.41, 5.74) is 1.38. The second-order valence-electron chi connectivity index (χ2n) is 4.64. The number of ether oxygens (including phenoxy) is 1. The van der Waals surface area contributed by atoms with E-state index in [4.69, 9.17) is 4.74 Å². The van der Waals surface area contributed by atoms with Gasteiger partial charge in [0.25, 0.3) is 6.43 Å². The standard InChI is InChI=1S/C12H13BrF2O/c1-12(2)6-8-5-7(10(13)11(14)15)3-4-9(8)16-12/h3-5,10-11H,6H2,1-2H3. The Bertz CT molecular complexity index is 404.